The third-order valence-electron chi connectivity index (χ3n) is 3.83. The maximum atomic E-state index is 12.8. The van der Waals surface area contributed by atoms with Crippen LogP contribution in [-0.4, -0.2) is 76.0 Å². The lowest BCUT2D eigenvalue weighted by Gasteiger charge is -2.36. The standard InChI is InChI=1S/C13H27ClN2O4S/c1-12(11-20-3)16(8-9-19-2)21(17,18)15-6-4-13(10-14)5-7-15/h12-13H,4-11H2,1-3H3. The first-order chi connectivity index (χ1) is 9.97. The lowest BCUT2D eigenvalue weighted by atomic mass is 10.0. The van der Waals surface area contributed by atoms with Gasteiger partial charge in [-0.2, -0.15) is 17.0 Å². The first kappa shape index (κ1) is 19.1. The van der Waals surface area contributed by atoms with Gasteiger partial charge < -0.3 is 9.47 Å². The van der Waals surface area contributed by atoms with E-state index in [4.69, 9.17) is 21.1 Å². The molecule has 1 heterocycles. The molecule has 0 bridgehead atoms. The van der Waals surface area contributed by atoms with Gasteiger partial charge in [-0.1, -0.05) is 0 Å². The number of alkyl halides is 1. The van der Waals surface area contributed by atoms with Gasteiger partial charge in [0.1, 0.15) is 0 Å². The average molecular weight is 343 g/mol. The van der Waals surface area contributed by atoms with Crippen LogP contribution in [0.3, 0.4) is 0 Å². The van der Waals surface area contributed by atoms with Crippen molar-refractivity contribution in [3.05, 3.63) is 0 Å². The van der Waals surface area contributed by atoms with Crippen LogP contribution in [0, 0.1) is 5.92 Å². The van der Waals surface area contributed by atoms with Crippen molar-refractivity contribution in [2.45, 2.75) is 25.8 Å². The van der Waals surface area contributed by atoms with Crippen LogP contribution in [0.25, 0.3) is 0 Å². The Labute approximate surface area is 133 Å². The minimum Gasteiger partial charge on any atom is -0.383 e. The monoisotopic (exact) mass is 342 g/mol. The highest BCUT2D eigenvalue weighted by Gasteiger charge is 2.35. The summed E-state index contributed by atoms with van der Waals surface area (Å²) in [6.07, 6.45) is 1.64. The highest BCUT2D eigenvalue weighted by molar-refractivity contribution is 7.86. The zero-order chi connectivity index (χ0) is 15.9. The summed E-state index contributed by atoms with van der Waals surface area (Å²) in [6.45, 7) is 3.97. The van der Waals surface area contributed by atoms with Crippen LogP contribution in [0.15, 0.2) is 0 Å². The number of ether oxygens (including phenoxy) is 2. The van der Waals surface area contributed by atoms with Crippen LogP contribution in [0.1, 0.15) is 19.8 Å². The number of hydrogen-bond donors (Lipinski definition) is 0. The van der Waals surface area contributed by atoms with Gasteiger partial charge in [-0.05, 0) is 25.7 Å². The molecule has 1 rings (SSSR count). The van der Waals surface area contributed by atoms with Gasteiger partial charge in [-0.3, -0.25) is 0 Å². The van der Waals surface area contributed by atoms with Gasteiger partial charge in [0.2, 0.25) is 0 Å². The zero-order valence-electron chi connectivity index (χ0n) is 13.1. The van der Waals surface area contributed by atoms with Crippen molar-refractivity contribution >= 4 is 21.8 Å². The van der Waals surface area contributed by atoms with E-state index in [-0.39, 0.29) is 6.04 Å². The Bertz CT molecular complexity index is 386. The van der Waals surface area contributed by atoms with Crippen molar-refractivity contribution in [2.24, 2.45) is 5.92 Å². The molecule has 1 aliphatic rings. The minimum absolute atomic E-state index is 0.221. The molecular weight excluding hydrogens is 316 g/mol. The number of methoxy groups -OCH3 is 2. The Morgan fingerprint density at radius 1 is 1.29 bits per heavy atom. The quantitative estimate of drug-likeness (QED) is 0.590. The summed E-state index contributed by atoms with van der Waals surface area (Å²) in [6, 6.07) is -0.221. The molecule has 0 aromatic heterocycles. The first-order valence-electron chi connectivity index (χ1n) is 7.28. The predicted octanol–water partition coefficient (Wildman–Crippen LogP) is 1.17. The van der Waals surface area contributed by atoms with Gasteiger partial charge in [0.15, 0.2) is 0 Å². The Morgan fingerprint density at radius 3 is 2.38 bits per heavy atom. The topological polar surface area (TPSA) is 59.1 Å². The van der Waals surface area contributed by atoms with Gasteiger partial charge in [0.05, 0.1) is 13.2 Å². The van der Waals surface area contributed by atoms with E-state index in [0.717, 1.165) is 12.8 Å². The molecule has 0 N–H and O–H groups in total. The van der Waals surface area contributed by atoms with E-state index >= 15 is 0 Å². The molecule has 0 aromatic carbocycles. The molecule has 6 nitrogen and oxygen atoms in total. The molecule has 0 amide bonds. The number of halogens is 1. The SMILES string of the molecule is COCCN(C(C)COC)S(=O)(=O)N1CCC(CCl)CC1. The van der Waals surface area contributed by atoms with Crippen LogP contribution < -0.4 is 0 Å². The van der Waals surface area contributed by atoms with E-state index < -0.39 is 10.2 Å². The minimum atomic E-state index is -3.49. The van der Waals surface area contributed by atoms with Crippen molar-refractivity contribution in [2.75, 3.05) is 52.9 Å². The van der Waals surface area contributed by atoms with Gasteiger partial charge in [-0.15, -0.1) is 11.6 Å². The summed E-state index contributed by atoms with van der Waals surface area (Å²) in [5, 5.41) is 0. The van der Waals surface area contributed by atoms with E-state index in [0.29, 0.717) is 44.6 Å². The average Bonchev–Trinajstić information content (AvgIpc) is 2.47. The van der Waals surface area contributed by atoms with Crippen LogP contribution in [0.2, 0.25) is 0 Å². The summed E-state index contributed by atoms with van der Waals surface area (Å²) in [5.41, 5.74) is 0. The van der Waals surface area contributed by atoms with Crippen molar-refractivity contribution in [3.63, 3.8) is 0 Å². The molecule has 1 unspecified atom stereocenters. The maximum Gasteiger partial charge on any atom is 0.282 e. The molecule has 0 aliphatic carbocycles. The largest absolute Gasteiger partial charge is 0.383 e. The Kier molecular flexibility index (Phi) is 8.44. The molecule has 0 radical (unpaired) electrons. The summed E-state index contributed by atoms with van der Waals surface area (Å²) in [5.74, 6) is 1.02. The van der Waals surface area contributed by atoms with Gasteiger partial charge in [0, 0.05) is 45.8 Å². The Balaban J connectivity index is 2.78. The summed E-state index contributed by atoms with van der Waals surface area (Å²) >= 11 is 5.85. The predicted molar refractivity (Wildman–Crippen MR) is 83.9 cm³/mol. The molecule has 126 valence electrons. The number of rotatable bonds is 9. The second-order valence-electron chi connectivity index (χ2n) is 5.41. The maximum absolute atomic E-state index is 12.8. The molecule has 1 fully saturated rings. The third-order valence-corrected chi connectivity index (χ3v) is 6.42. The molecular formula is C13H27ClN2O4S. The number of piperidine rings is 1. The molecule has 0 spiro atoms. The van der Waals surface area contributed by atoms with E-state index in [1.807, 2.05) is 6.92 Å². The van der Waals surface area contributed by atoms with E-state index in [1.54, 1.807) is 18.5 Å². The van der Waals surface area contributed by atoms with Crippen molar-refractivity contribution in [1.82, 2.24) is 8.61 Å². The third kappa shape index (κ3) is 5.33. The second-order valence-corrected chi connectivity index (χ2v) is 7.60. The highest BCUT2D eigenvalue weighted by atomic mass is 35.5. The van der Waals surface area contributed by atoms with Crippen LogP contribution >= 0.6 is 11.6 Å². The van der Waals surface area contributed by atoms with Crippen LogP contribution in [0.4, 0.5) is 0 Å². The lowest BCUT2D eigenvalue weighted by molar-refractivity contribution is 0.113. The fourth-order valence-corrected chi connectivity index (χ4v) is 4.61. The summed E-state index contributed by atoms with van der Waals surface area (Å²) < 4.78 is 38.8. The number of hydrogen-bond acceptors (Lipinski definition) is 4. The summed E-state index contributed by atoms with van der Waals surface area (Å²) in [4.78, 5) is 0. The van der Waals surface area contributed by atoms with Gasteiger partial charge in [-0.25, -0.2) is 0 Å². The zero-order valence-corrected chi connectivity index (χ0v) is 14.7. The van der Waals surface area contributed by atoms with E-state index in [2.05, 4.69) is 0 Å². The highest BCUT2D eigenvalue weighted by Crippen LogP contribution is 2.23. The molecule has 0 aromatic rings. The molecule has 0 saturated carbocycles. The molecule has 8 heteroatoms. The Hall–Kier alpha value is 0.0800. The number of nitrogens with zero attached hydrogens (tertiary/aromatic N) is 2. The normalized spacial score (nSPS) is 20.0. The van der Waals surface area contributed by atoms with Gasteiger partial charge in [0.25, 0.3) is 10.2 Å². The molecule has 21 heavy (non-hydrogen) atoms. The molecule has 1 saturated heterocycles. The lowest BCUT2D eigenvalue weighted by Crippen LogP contribution is -2.52. The van der Waals surface area contributed by atoms with Crippen molar-refractivity contribution in [1.29, 1.82) is 0 Å². The molecule has 1 atom stereocenters. The Morgan fingerprint density at radius 2 is 1.90 bits per heavy atom. The van der Waals surface area contributed by atoms with Crippen molar-refractivity contribution in [3.8, 4) is 0 Å². The smallest absolute Gasteiger partial charge is 0.282 e. The van der Waals surface area contributed by atoms with Crippen LogP contribution in [0.5, 0.6) is 0 Å². The second kappa shape index (κ2) is 9.27. The molecule has 1 aliphatic heterocycles. The first-order valence-corrected chi connectivity index (χ1v) is 9.21. The van der Waals surface area contributed by atoms with E-state index in [1.165, 1.54) is 4.31 Å². The van der Waals surface area contributed by atoms with Gasteiger partial charge >= 0.3 is 0 Å². The fourth-order valence-electron chi connectivity index (χ4n) is 2.51. The van der Waals surface area contributed by atoms with Crippen LogP contribution in [-0.2, 0) is 19.7 Å². The summed E-state index contributed by atoms with van der Waals surface area (Å²) in [7, 11) is -0.346. The fraction of sp³-hybridized carbons (Fsp3) is 1.00. The van der Waals surface area contributed by atoms with Crippen molar-refractivity contribution < 1.29 is 17.9 Å². The van der Waals surface area contributed by atoms with E-state index in [9.17, 15) is 8.42 Å².